The van der Waals surface area contributed by atoms with Gasteiger partial charge in [-0.1, -0.05) is 43.7 Å². The molecule has 1 aromatic carbocycles. The Morgan fingerprint density at radius 2 is 1.84 bits per heavy atom. The Balaban J connectivity index is 1.83. The minimum atomic E-state index is -4.04. The number of rotatable bonds is 5. The molecular weight excluding hydrogens is 435 g/mol. The number of halogens is 1. The van der Waals surface area contributed by atoms with Gasteiger partial charge < -0.3 is 4.55 Å². The third-order valence-electron chi connectivity index (χ3n) is 6.07. The number of aromatic nitrogens is 2. The predicted molar refractivity (Wildman–Crippen MR) is 120 cm³/mol. The average molecular weight is 463 g/mol. The molecule has 2 unspecified atom stereocenters. The minimum absolute atomic E-state index is 0.0356. The second-order valence-corrected chi connectivity index (χ2v) is 11.9. The number of hydrogen-bond donors (Lipinski definition) is 1. The van der Waals surface area contributed by atoms with E-state index in [9.17, 15) is 17.4 Å². The first kappa shape index (κ1) is 22.3. The van der Waals surface area contributed by atoms with Gasteiger partial charge >= 0.3 is 0 Å². The van der Waals surface area contributed by atoms with E-state index in [4.69, 9.17) is 0 Å². The lowest BCUT2D eigenvalue weighted by molar-refractivity contribution is 0.480. The first-order valence-corrected chi connectivity index (χ1v) is 13.4. The van der Waals surface area contributed by atoms with Crippen LogP contribution in [0.15, 0.2) is 62.8 Å². The number of allylic oxidation sites excluding steroid dienone is 4. The van der Waals surface area contributed by atoms with Crippen LogP contribution in [0.1, 0.15) is 52.4 Å². The molecule has 31 heavy (non-hydrogen) atoms. The fraction of sp³-hybridized carbons (Fsp3) is 0.435. The Kier molecular flexibility index (Phi) is 6.42. The van der Waals surface area contributed by atoms with Gasteiger partial charge in [0.05, 0.1) is 4.91 Å². The fourth-order valence-corrected chi connectivity index (χ4v) is 8.02. The molecule has 1 aromatic heterocycles. The molecule has 0 aliphatic heterocycles. The number of hydrogen-bond acceptors (Lipinski definition) is 4. The molecule has 5 nitrogen and oxygen atoms in total. The van der Waals surface area contributed by atoms with E-state index in [2.05, 4.69) is 9.97 Å². The number of aromatic amines is 1. The fourth-order valence-electron chi connectivity index (χ4n) is 4.26. The number of sulfone groups is 1. The van der Waals surface area contributed by atoms with Gasteiger partial charge in [0.1, 0.15) is 16.9 Å². The summed E-state index contributed by atoms with van der Waals surface area (Å²) < 4.78 is 54.9. The van der Waals surface area contributed by atoms with Crippen molar-refractivity contribution in [2.45, 2.75) is 67.7 Å². The Bertz CT molecular complexity index is 1120. The lowest BCUT2D eigenvalue weighted by atomic mass is 9.98. The van der Waals surface area contributed by atoms with Crippen molar-refractivity contribution in [1.82, 2.24) is 9.97 Å². The maximum atomic E-state index is 14.0. The van der Waals surface area contributed by atoms with E-state index in [-0.39, 0.29) is 32.5 Å². The van der Waals surface area contributed by atoms with E-state index >= 15 is 0 Å². The second-order valence-electron chi connectivity index (χ2n) is 8.39. The zero-order valence-corrected chi connectivity index (χ0v) is 19.4. The van der Waals surface area contributed by atoms with E-state index in [0.29, 0.717) is 11.4 Å². The van der Waals surface area contributed by atoms with E-state index in [1.54, 1.807) is 13.8 Å². The average Bonchev–Trinajstić information content (AvgIpc) is 3.23. The second kappa shape index (κ2) is 8.92. The Hall–Kier alpha value is -1.90. The minimum Gasteiger partial charge on any atom is -0.610 e. The van der Waals surface area contributed by atoms with Gasteiger partial charge in [0, 0.05) is 23.2 Å². The standard InChI is InChI=1S/C23H27FN2O3S2/c1-15-14-20(16(2)13-19(15)24)31(28,29)23-22(30(27)18-11-7-4-8-12-18)25-21(26-23)17-9-5-3-6-10-17/h3,5-6,9-10,14,16,18H,4,7-8,11-13H2,1-2H3,(H,25,26). The Labute approximate surface area is 186 Å². The molecule has 166 valence electrons. The molecule has 0 spiro atoms. The molecule has 0 bridgehead atoms. The van der Waals surface area contributed by atoms with E-state index in [1.807, 2.05) is 30.3 Å². The zero-order valence-electron chi connectivity index (χ0n) is 17.7. The Morgan fingerprint density at radius 3 is 2.52 bits per heavy atom. The summed E-state index contributed by atoms with van der Waals surface area (Å²) in [5.41, 5.74) is 1.03. The van der Waals surface area contributed by atoms with Crippen molar-refractivity contribution in [1.29, 1.82) is 0 Å². The van der Waals surface area contributed by atoms with Crippen LogP contribution in [0.4, 0.5) is 4.39 Å². The number of H-pyrrole nitrogens is 1. The molecule has 4 rings (SSSR count). The topological polar surface area (TPSA) is 85.9 Å². The van der Waals surface area contributed by atoms with Crippen LogP contribution >= 0.6 is 0 Å². The highest BCUT2D eigenvalue weighted by Crippen LogP contribution is 2.39. The third kappa shape index (κ3) is 4.38. The van der Waals surface area contributed by atoms with Gasteiger partial charge in [0.25, 0.3) is 5.03 Å². The summed E-state index contributed by atoms with van der Waals surface area (Å²) >= 11 is -1.52. The van der Waals surface area contributed by atoms with Gasteiger partial charge in [-0.3, -0.25) is 4.98 Å². The molecule has 0 radical (unpaired) electrons. The SMILES string of the molecule is CC1=C(F)CC(C)C(S(=O)(=O)c2nc(-c3ccccc3)[nH]c2[S+]([O-])C2CCCCC2)=C1. The maximum absolute atomic E-state index is 14.0. The van der Waals surface area contributed by atoms with E-state index < -0.39 is 26.9 Å². The van der Waals surface area contributed by atoms with Crippen molar-refractivity contribution in [2.75, 3.05) is 0 Å². The van der Waals surface area contributed by atoms with Crippen molar-refractivity contribution >= 4 is 21.0 Å². The van der Waals surface area contributed by atoms with Gasteiger partial charge in [-0.15, -0.1) is 0 Å². The highest BCUT2D eigenvalue weighted by Gasteiger charge is 2.40. The molecule has 1 fully saturated rings. The Morgan fingerprint density at radius 1 is 1.16 bits per heavy atom. The van der Waals surface area contributed by atoms with Crippen molar-refractivity contribution in [3.63, 3.8) is 0 Å². The monoisotopic (exact) mass is 462 g/mol. The summed E-state index contributed by atoms with van der Waals surface area (Å²) in [5, 5.41) is -0.126. The first-order valence-electron chi connectivity index (χ1n) is 10.7. The van der Waals surface area contributed by atoms with Crippen LogP contribution in [-0.2, 0) is 21.0 Å². The first-order chi connectivity index (χ1) is 14.8. The molecule has 1 heterocycles. The summed E-state index contributed by atoms with van der Waals surface area (Å²) in [7, 11) is -4.04. The van der Waals surface area contributed by atoms with Gasteiger partial charge in [-0.25, -0.2) is 17.8 Å². The highest BCUT2D eigenvalue weighted by molar-refractivity contribution is 7.97. The van der Waals surface area contributed by atoms with Crippen LogP contribution in [0.3, 0.4) is 0 Å². The van der Waals surface area contributed by atoms with Crippen LogP contribution in [0, 0.1) is 5.92 Å². The van der Waals surface area contributed by atoms with Gasteiger partial charge in [0.2, 0.25) is 14.9 Å². The summed E-state index contributed by atoms with van der Waals surface area (Å²) in [4.78, 5) is 7.63. The van der Waals surface area contributed by atoms with Gasteiger partial charge in [-0.2, -0.15) is 0 Å². The van der Waals surface area contributed by atoms with Crippen molar-refractivity contribution in [3.8, 4) is 11.4 Å². The van der Waals surface area contributed by atoms with E-state index in [1.165, 1.54) is 6.08 Å². The van der Waals surface area contributed by atoms with E-state index in [0.717, 1.165) is 37.7 Å². The number of benzene rings is 1. The summed E-state index contributed by atoms with van der Waals surface area (Å²) in [5.74, 6) is -0.438. The van der Waals surface area contributed by atoms with Crippen LogP contribution in [0.2, 0.25) is 0 Å². The highest BCUT2D eigenvalue weighted by atomic mass is 32.2. The normalized spacial score (nSPS) is 21.8. The van der Waals surface area contributed by atoms with Crippen molar-refractivity contribution in [3.05, 3.63) is 52.7 Å². The number of nitrogens with zero attached hydrogens (tertiary/aromatic N) is 1. The zero-order chi connectivity index (χ0) is 22.2. The lowest BCUT2D eigenvalue weighted by Gasteiger charge is -2.24. The number of imidazole rings is 1. The molecule has 0 saturated heterocycles. The van der Waals surface area contributed by atoms with Crippen molar-refractivity contribution < 1.29 is 17.4 Å². The molecule has 0 amide bonds. The molecule has 2 aliphatic carbocycles. The van der Waals surface area contributed by atoms with Gasteiger partial charge in [0.15, 0.2) is 0 Å². The smallest absolute Gasteiger partial charge is 0.262 e. The molecule has 2 atom stereocenters. The molecular formula is C23H27FN2O3S2. The van der Waals surface area contributed by atoms with Crippen LogP contribution in [0.5, 0.6) is 0 Å². The lowest BCUT2D eigenvalue weighted by Crippen LogP contribution is -2.26. The summed E-state index contributed by atoms with van der Waals surface area (Å²) in [6, 6.07) is 9.20. The third-order valence-corrected chi connectivity index (χ3v) is 9.91. The molecule has 8 heteroatoms. The van der Waals surface area contributed by atoms with Crippen LogP contribution < -0.4 is 0 Å². The van der Waals surface area contributed by atoms with Gasteiger partial charge in [-0.05, 0) is 50.2 Å². The van der Waals surface area contributed by atoms with Crippen LogP contribution in [0.25, 0.3) is 11.4 Å². The molecule has 1 N–H and O–H groups in total. The summed E-state index contributed by atoms with van der Waals surface area (Å²) in [6.45, 7) is 3.26. The molecule has 1 saturated carbocycles. The quantitative estimate of drug-likeness (QED) is 0.598. The maximum Gasteiger partial charge on any atom is 0.262 e. The van der Waals surface area contributed by atoms with Crippen LogP contribution in [-0.4, -0.2) is 28.2 Å². The number of nitrogens with one attached hydrogen (secondary N) is 1. The molecule has 2 aromatic rings. The summed E-state index contributed by atoms with van der Waals surface area (Å²) in [6.07, 6.45) is 6.12. The molecule has 2 aliphatic rings. The van der Waals surface area contributed by atoms with Crippen molar-refractivity contribution in [2.24, 2.45) is 5.92 Å². The largest absolute Gasteiger partial charge is 0.610 e. The predicted octanol–water partition coefficient (Wildman–Crippen LogP) is 5.46.